The van der Waals surface area contributed by atoms with Crippen molar-refractivity contribution in [2.45, 2.75) is 6.92 Å². The fraction of sp³-hybridized carbons (Fsp3) is 0.125. The molecule has 0 atom stereocenters. The summed E-state index contributed by atoms with van der Waals surface area (Å²) >= 11 is 2.35. The molecule has 0 spiro atoms. The second-order valence-electron chi connectivity index (χ2n) is 4.88. The number of benzene rings is 1. The van der Waals surface area contributed by atoms with E-state index in [4.69, 9.17) is 5.73 Å². The first-order valence-electron chi connectivity index (χ1n) is 6.59. The van der Waals surface area contributed by atoms with Crippen LogP contribution in [-0.2, 0) is 7.05 Å². The Morgan fingerprint density at radius 2 is 1.95 bits per heavy atom. The fourth-order valence-corrected chi connectivity index (χ4v) is 2.93. The van der Waals surface area contributed by atoms with Crippen molar-refractivity contribution in [2.75, 3.05) is 5.73 Å². The molecule has 0 unspecified atom stereocenters. The molecule has 0 aliphatic rings. The molecule has 3 aromatic rings. The Morgan fingerprint density at radius 1 is 1.14 bits per heavy atom. The minimum absolute atomic E-state index is 0.626. The molecule has 4 nitrogen and oxygen atoms in total. The van der Waals surface area contributed by atoms with Crippen molar-refractivity contribution in [3.8, 4) is 22.5 Å². The Hall–Kier alpha value is -1.89. The Labute approximate surface area is 137 Å². The van der Waals surface area contributed by atoms with Gasteiger partial charge in [-0.2, -0.15) is 5.10 Å². The van der Waals surface area contributed by atoms with Gasteiger partial charge in [-0.1, -0.05) is 24.3 Å². The van der Waals surface area contributed by atoms with Gasteiger partial charge in [-0.05, 0) is 47.2 Å². The predicted octanol–water partition coefficient (Wildman–Crippen LogP) is 3.64. The summed E-state index contributed by atoms with van der Waals surface area (Å²) in [5, 5.41) is 4.61. The molecule has 0 radical (unpaired) electrons. The zero-order valence-corrected chi connectivity index (χ0v) is 14.0. The number of anilines is 1. The molecule has 5 heteroatoms. The maximum Gasteiger partial charge on any atom is 0.131 e. The van der Waals surface area contributed by atoms with Crippen molar-refractivity contribution in [1.29, 1.82) is 0 Å². The van der Waals surface area contributed by atoms with Crippen LogP contribution in [0.1, 0.15) is 5.56 Å². The van der Waals surface area contributed by atoms with Gasteiger partial charge in [0.15, 0.2) is 0 Å². The van der Waals surface area contributed by atoms with Crippen molar-refractivity contribution in [3.63, 3.8) is 0 Å². The number of nitrogen functional groups attached to an aromatic ring is 1. The van der Waals surface area contributed by atoms with Gasteiger partial charge >= 0.3 is 0 Å². The average Bonchev–Trinajstić information content (AvgIpc) is 2.78. The van der Waals surface area contributed by atoms with Crippen LogP contribution in [0.4, 0.5) is 5.82 Å². The van der Waals surface area contributed by atoms with Gasteiger partial charge in [0.2, 0.25) is 0 Å². The maximum absolute atomic E-state index is 6.22. The Morgan fingerprint density at radius 3 is 2.67 bits per heavy atom. The second-order valence-corrected chi connectivity index (χ2v) is 5.96. The molecule has 0 amide bonds. The number of rotatable bonds is 2. The number of nitrogens with two attached hydrogens (primary N) is 1. The molecule has 3 rings (SSSR count). The average molecular weight is 390 g/mol. The van der Waals surface area contributed by atoms with E-state index in [0.29, 0.717) is 5.82 Å². The van der Waals surface area contributed by atoms with Crippen molar-refractivity contribution in [3.05, 3.63) is 51.7 Å². The normalized spacial score (nSPS) is 10.8. The summed E-state index contributed by atoms with van der Waals surface area (Å²) < 4.78 is 2.89. The lowest BCUT2D eigenvalue weighted by molar-refractivity contribution is 0.782. The van der Waals surface area contributed by atoms with E-state index in [-0.39, 0.29) is 0 Å². The van der Waals surface area contributed by atoms with Crippen molar-refractivity contribution < 1.29 is 0 Å². The summed E-state index contributed by atoms with van der Waals surface area (Å²) in [4.78, 5) is 4.43. The van der Waals surface area contributed by atoms with Crippen LogP contribution >= 0.6 is 22.6 Å². The van der Waals surface area contributed by atoms with Gasteiger partial charge in [0.1, 0.15) is 11.5 Å². The van der Waals surface area contributed by atoms with Gasteiger partial charge in [0.05, 0.1) is 11.3 Å². The van der Waals surface area contributed by atoms with Gasteiger partial charge in [-0.15, -0.1) is 0 Å². The molecule has 2 N–H and O–H groups in total. The minimum Gasteiger partial charge on any atom is -0.383 e. The highest BCUT2D eigenvalue weighted by molar-refractivity contribution is 14.1. The zero-order valence-electron chi connectivity index (χ0n) is 11.8. The molecule has 0 aliphatic heterocycles. The lowest BCUT2D eigenvalue weighted by atomic mass is 10.0. The summed E-state index contributed by atoms with van der Waals surface area (Å²) in [6.45, 7) is 2.10. The monoisotopic (exact) mass is 390 g/mol. The van der Waals surface area contributed by atoms with E-state index < -0.39 is 0 Å². The molecular weight excluding hydrogens is 375 g/mol. The molecule has 2 aromatic heterocycles. The molecule has 106 valence electrons. The van der Waals surface area contributed by atoms with Crippen LogP contribution in [0, 0.1) is 10.5 Å². The van der Waals surface area contributed by atoms with E-state index in [0.717, 1.165) is 22.5 Å². The number of hydrogen-bond acceptors (Lipinski definition) is 3. The van der Waals surface area contributed by atoms with Gasteiger partial charge in [-0.3, -0.25) is 9.67 Å². The third-order valence-electron chi connectivity index (χ3n) is 3.46. The Bertz CT molecular complexity index is 794. The molecular formula is C16H15IN4. The summed E-state index contributed by atoms with van der Waals surface area (Å²) in [6, 6.07) is 12.0. The maximum atomic E-state index is 6.22. The third kappa shape index (κ3) is 2.42. The number of halogens is 1. The highest BCUT2D eigenvalue weighted by Crippen LogP contribution is 2.37. The van der Waals surface area contributed by atoms with Gasteiger partial charge in [0, 0.05) is 22.4 Å². The fourth-order valence-electron chi connectivity index (χ4n) is 2.32. The Balaban J connectivity index is 2.30. The lowest BCUT2D eigenvalue weighted by Crippen LogP contribution is -1.98. The van der Waals surface area contributed by atoms with Gasteiger partial charge in [-0.25, -0.2) is 0 Å². The van der Waals surface area contributed by atoms with Crippen LogP contribution in [-0.4, -0.2) is 14.8 Å². The summed E-state index contributed by atoms with van der Waals surface area (Å²) in [5.41, 5.74) is 11.1. The van der Waals surface area contributed by atoms with Crippen LogP contribution in [0.25, 0.3) is 22.5 Å². The first-order chi connectivity index (χ1) is 10.1. The van der Waals surface area contributed by atoms with Crippen LogP contribution in [0.3, 0.4) is 0 Å². The molecule has 1 aromatic carbocycles. The molecule has 2 heterocycles. The van der Waals surface area contributed by atoms with E-state index in [9.17, 15) is 0 Å². The molecule has 21 heavy (non-hydrogen) atoms. The second kappa shape index (κ2) is 5.48. The van der Waals surface area contributed by atoms with Gasteiger partial charge in [0.25, 0.3) is 0 Å². The van der Waals surface area contributed by atoms with Crippen LogP contribution < -0.4 is 5.73 Å². The van der Waals surface area contributed by atoms with Crippen molar-refractivity contribution in [2.24, 2.45) is 7.05 Å². The van der Waals surface area contributed by atoms with Crippen LogP contribution in [0.5, 0.6) is 0 Å². The Kier molecular flexibility index (Phi) is 3.67. The number of aryl methyl sites for hydroxylation is 2. The minimum atomic E-state index is 0.626. The third-order valence-corrected chi connectivity index (χ3v) is 4.89. The highest BCUT2D eigenvalue weighted by Gasteiger charge is 2.20. The van der Waals surface area contributed by atoms with E-state index in [2.05, 4.69) is 51.7 Å². The van der Waals surface area contributed by atoms with E-state index in [1.807, 2.05) is 31.3 Å². The summed E-state index contributed by atoms with van der Waals surface area (Å²) in [7, 11) is 1.86. The number of pyridine rings is 1. The predicted molar refractivity (Wildman–Crippen MR) is 93.7 cm³/mol. The standard InChI is InChI=1S/C16H15IN4/c1-10-6-5-7-11(14(10)17)15-13(16(18)21(2)20-15)12-8-3-4-9-19-12/h3-9H,18H2,1-2H3. The summed E-state index contributed by atoms with van der Waals surface area (Å²) in [6.07, 6.45) is 1.77. The molecule has 0 bridgehead atoms. The highest BCUT2D eigenvalue weighted by atomic mass is 127. The quantitative estimate of drug-likeness (QED) is 0.680. The topological polar surface area (TPSA) is 56.7 Å². The molecule has 0 aliphatic carbocycles. The number of aromatic nitrogens is 3. The van der Waals surface area contributed by atoms with E-state index in [1.165, 1.54) is 9.13 Å². The SMILES string of the molecule is Cc1cccc(-c2nn(C)c(N)c2-c2ccccn2)c1I. The number of hydrogen-bond donors (Lipinski definition) is 1. The molecule has 0 saturated heterocycles. The van der Waals surface area contributed by atoms with Gasteiger partial charge < -0.3 is 5.73 Å². The van der Waals surface area contributed by atoms with Crippen LogP contribution in [0.15, 0.2) is 42.6 Å². The van der Waals surface area contributed by atoms with Crippen LogP contribution in [0.2, 0.25) is 0 Å². The van der Waals surface area contributed by atoms with Crippen molar-refractivity contribution in [1.82, 2.24) is 14.8 Å². The van der Waals surface area contributed by atoms with E-state index in [1.54, 1.807) is 10.9 Å². The smallest absolute Gasteiger partial charge is 0.131 e. The summed E-state index contributed by atoms with van der Waals surface area (Å²) in [5.74, 6) is 0.626. The largest absolute Gasteiger partial charge is 0.383 e. The molecule has 0 fully saturated rings. The zero-order chi connectivity index (χ0) is 15.0. The number of nitrogens with zero attached hydrogens (tertiary/aromatic N) is 3. The lowest BCUT2D eigenvalue weighted by Gasteiger charge is -2.07. The first-order valence-corrected chi connectivity index (χ1v) is 7.67. The van der Waals surface area contributed by atoms with E-state index >= 15 is 0 Å². The first kappa shape index (κ1) is 14.1. The van der Waals surface area contributed by atoms with Crippen molar-refractivity contribution >= 4 is 28.4 Å². The molecule has 0 saturated carbocycles.